The van der Waals surface area contributed by atoms with Crippen LogP contribution in [0.25, 0.3) is 0 Å². The summed E-state index contributed by atoms with van der Waals surface area (Å²) in [5, 5.41) is 3.78. The third kappa shape index (κ3) is 2.98. The maximum absolute atomic E-state index is 5.84. The molecule has 3 atom stereocenters. The van der Waals surface area contributed by atoms with Crippen molar-refractivity contribution in [1.82, 2.24) is 5.32 Å². The number of rotatable bonds is 4. The van der Waals surface area contributed by atoms with Gasteiger partial charge in [-0.3, -0.25) is 0 Å². The van der Waals surface area contributed by atoms with E-state index in [0.29, 0.717) is 0 Å². The molecule has 0 aromatic carbocycles. The number of ether oxygens (including phenoxy) is 1. The molecule has 0 radical (unpaired) electrons. The second-order valence-corrected chi connectivity index (χ2v) is 5.84. The fourth-order valence-electron chi connectivity index (χ4n) is 3.29. The summed E-state index contributed by atoms with van der Waals surface area (Å²) < 4.78 is 5.84. The summed E-state index contributed by atoms with van der Waals surface area (Å²) in [4.78, 5) is 0. The SMILES string of the molecule is CCC1CCCCC1NCC1(C)CCCO1. The molecule has 2 fully saturated rings. The molecule has 94 valence electrons. The quantitative estimate of drug-likeness (QED) is 0.794. The maximum atomic E-state index is 5.84. The van der Waals surface area contributed by atoms with E-state index in [1.807, 2.05) is 0 Å². The zero-order valence-corrected chi connectivity index (χ0v) is 10.9. The van der Waals surface area contributed by atoms with E-state index >= 15 is 0 Å². The van der Waals surface area contributed by atoms with Crippen LogP contribution < -0.4 is 5.32 Å². The van der Waals surface area contributed by atoms with Gasteiger partial charge in [0.2, 0.25) is 0 Å². The van der Waals surface area contributed by atoms with Gasteiger partial charge in [-0.05, 0) is 38.5 Å². The molecule has 1 heterocycles. The minimum absolute atomic E-state index is 0.121. The Bertz CT molecular complexity index is 211. The minimum Gasteiger partial charge on any atom is -0.374 e. The summed E-state index contributed by atoms with van der Waals surface area (Å²) in [6, 6.07) is 0.750. The highest BCUT2D eigenvalue weighted by atomic mass is 16.5. The Morgan fingerprint density at radius 3 is 2.75 bits per heavy atom. The molecule has 2 rings (SSSR count). The predicted molar refractivity (Wildman–Crippen MR) is 67.6 cm³/mol. The molecular formula is C14H27NO. The molecule has 16 heavy (non-hydrogen) atoms. The van der Waals surface area contributed by atoms with Crippen LogP contribution in [0.4, 0.5) is 0 Å². The molecule has 0 bridgehead atoms. The third-order valence-electron chi connectivity index (χ3n) is 4.47. The van der Waals surface area contributed by atoms with Gasteiger partial charge in [0.1, 0.15) is 0 Å². The smallest absolute Gasteiger partial charge is 0.0779 e. The van der Waals surface area contributed by atoms with Gasteiger partial charge in [0.05, 0.1) is 5.60 Å². The van der Waals surface area contributed by atoms with Gasteiger partial charge < -0.3 is 10.1 Å². The van der Waals surface area contributed by atoms with E-state index in [1.165, 1.54) is 44.9 Å². The number of hydrogen-bond acceptors (Lipinski definition) is 2. The van der Waals surface area contributed by atoms with Gasteiger partial charge in [-0.2, -0.15) is 0 Å². The maximum Gasteiger partial charge on any atom is 0.0779 e. The Morgan fingerprint density at radius 1 is 1.25 bits per heavy atom. The fraction of sp³-hybridized carbons (Fsp3) is 1.00. The van der Waals surface area contributed by atoms with Crippen LogP contribution in [-0.4, -0.2) is 24.8 Å². The van der Waals surface area contributed by atoms with Gasteiger partial charge in [0, 0.05) is 19.2 Å². The van der Waals surface area contributed by atoms with Gasteiger partial charge in [0.25, 0.3) is 0 Å². The molecule has 1 aliphatic carbocycles. The van der Waals surface area contributed by atoms with E-state index in [1.54, 1.807) is 0 Å². The molecule has 2 aliphatic rings. The lowest BCUT2D eigenvalue weighted by Crippen LogP contribution is -2.46. The van der Waals surface area contributed by atoms with Crippen LogP contribution in [0.3, 0.4) is 0 Å². The van der Waals surface area contributed by atoms with Gasteiger partial charge in [-0.1, -0.05) is 26.2 Å². The summed E-state index contributed by atoms with van der Waals surface area (Å²) in [5.41, 5.74) is 0.121. The fourth-order valence-corrected chi connectivity index (χ4v) is 3.29. The van der Waals surface area contributed by atoms with Crippen molar-refractivity contribution in [2.24, 2.45) is 5.92 Å². The zero-order valence-electron chi connectivity index (χ0n) is 10.9. The molecule has 2 heteroatoms. The Balaban J connectivity index is 1.79. The van der Waals surface area contributed by atoms with Gasteiger partial charge in [-0.25, -0.2) is 0 Å². The second-order valence-electron chi connectivity index (χ2n) is 5.84. The molecular weight excluding hydrogens is 198 g/mol. The first-order valence-electron chi connectivity index (χ1n) is 7.11. The molecule has 1 N–H and O–H groups in total. The molecule has 1 aliphatic heterocycles. The van der Waals surface area contributed by atoms with Gasteiger partial charge in [-0.15, -0.1) is 0 Å². The van der Waals surface area contributed by atoms with Crippen LogP contribution in [0.2, 0.25) is 0 Å². The van der Waals surface area contributed by atoms with E-state index in [4.69, 9.17) is 4.74 Å². The first-order chi connectivity index (χ1) is 7.73. The van der Waals surface area contributed by atoms with Crippen LogP contribution in [0, 0.1) is 5.92 Å². The average Bonchev–Trinajstić information content (AvgIpc) is 2.74. The largest absolute Gasteiger partial charge is 0.374 e. The summed E-state index contributed by atoms with van der Waals surface area (Å²) >= 11 is 0. The lowest BCUT2D eigenvalue weighted by molar-refractivity contribution is 0.0157. The highest BCUT2D eigenvalue weighted by molar-refractivity contribution is 4.87. The Kier molecular flexibility index (Phi) is 4.26. The van der Waals surface area contributed by atoms with Crippen molar-refractivity contribution >= 4 is 0 Å². The van der Waals surface area contributed by atoms with Crippen LogP contribution in [0.15, 0.2) is 0 Å². The van der Waals surface area contributed by atoms with Crippen molar-refractivity contribution in [2.75, 3.05) is 13.2 Å². The third-order valence-corrected chi connectivity index (χ3v) is 4.47. The Labute approximate surface area is 100 Å². The van der Waals surface area contributed by atoms with E-state index in [-0.39, 0.29) is 5.60 Å². The molecule has 1 saturated carbocycles. The van der Waals surface area contributed by atoms with E-state index in [0.717, 1.165) is 25.1 Å². The monoisotopic (exact) mass is 225 g/mol. The minimum atomic E-state index is 0.121. The molecule has 2 nitrogen and oxygen atoms in total. The van der Waals surface area contributed by atoms with Crippen LogP contribution in [-0.2, 0) is 4.74 Å². The van der Waals surface area contributed by atoms with Crippen molar-refractivity contribution in [2.45, 2.75) is 70.4 Å². The molecule has 3 unspecified atom stereocenters. The van der Waals surface area contributed by atoms with E-state index < -0.39 is 0 Å². The summed E-state index contributed by atoms with van der Waals surface area (Å²) in [5.74, 6) is 0.902. The van der Waals surface area contributed by atoms with Crippen LogP contribution in [0.1, 0.15) is 58.8 Å². The Morgan fingerprint density at radius 2 is 2.06 bits per heavy atom. The standard InChI is InChI=1S/C14H27NO/c1-3-12-7-4-5-8-13(12)15-11-14(2)9-6-10-16-14/h12-13,15H,3-11H2,1-2H3. The lowest BCUT2D eigenvalue weighted by atomic mass is 9.82. The Hall–Kier alpha value is -0.0800. The average molecular weight is 225 g/mol. The lowest BCUT2D eigenvalue weighted by Gasteiger charge is -2.34. The first kappa shape index (κ1) is 12.4. The van der Waals surface area contributed by atoms with Crippen molar-refractivity contribution in [3.8, 4) is 0 Å². The van der Waals surface area contributed by atoms with Crippen molar-refractivity contribution in [3.63, 3.8) is 0 Å². The molecule has 1 saturated heterocycles. The van der Waals surface area contributed by atoms with Crippen molar-refractivity contribution < 1.29 is 4.74 Å². The highest BCUT2D eigenvalue weighted by Gasteiger charge is 2.31. The molecule has 0 spiro atoms. The van der Waals surface area contributed by atoms with Crippen LogP contribution in [0.5, 0.6) is 0 Å². The van der Waals surface area contributed by atoms with E-state index in [2.05, 4.69) is 19.2 Å². The van der Waals surface area contributed by atoms with E-state index in [9.17, 15) is 0 Å². The van der Waals surface area contributed by atoms with Gasteiger partial charge >= 0.3 is 0 Å². The van der Waals surface area contributed by atoms with Gasteiger partial charge in [0.15, 0.2) is 0 Å². The topological polar surface area (TPSA) is 21.3 Å². The predicted octanol–water partition coefficient (Wildman–Crippen LogP) is 3.11. The molecule has 0 amide bonds. The summed E-state index contributed by atoms with van der Waals surface area (Å²) in [7, 11) is 0. The summed E-state index contributed by atoms with van der Waals surface area (Å²) in [6.45, 7) is 6.60. The normalized spacial score (nSPS) is 40.1. The summed E-state index contributed by atoms with van der Waals surface area (Å²) in [6.07, 6.45) is 9.43. The zero-order chi connectivity index (χ0) is 11.4. The first-order valence-corrected chi connectivity index (χ1v) is 7.11. The number of hydrogen-bond donors (Lipinski definition) is 1. The van der Waals surface area contributed by atoms with Crippen molar-refractivity contribution in [3.05, 3.63) is 0 Å². The highest BCUT2D eigenvalue weighted by Crippen LogP contribution is 2.29. The van der Waals surface area contributed by atoms with Crippen molar-refractivity contribution in [1.29, 1.82) is 0 Å². The second kappa shape index (κ2) is 5.50. The molecule has 0 aromatic heterocycles. The molecule has 0 aromatic rings. The van der Waals surface area contributed by atoms with Crippen LogP contribution >= 0.6 is 0 Å². The number of nitrogens with one attached hydrogen (secondary N) is 1.